The predicted molar refractivity (Wildman–Crippen MR) is 45.9 cm³/mol. The summed E-state index contributed by atoms with van der Waals surface area (Å²) in [6.07, 6.45) is -2.43. The molecule has 0 N–H and O–H groups in total. The number of rotatable bonds is 3. The highest BCUT2D eigenvalue weighted by Gasteiger charge is 2.25. The molecule has 0 unspecified atom stereocenters. The van der Waals surface area contributed by atoms with E-state index in [9.17, 15) is 18.0 Å². The SMILES string of the molecule is COc1c(F)ncc(C(F)F)c1C(=O)Cl. The molecule has 1 rings (SSSR count). The van der Waals surface area contributed by atoms with E-state index in [1.807, 2.05) is 0 Å². The van der Waals surface area contributed by atoms with Crippen molar-refractivity contribution in [1.29, 1.82) is 0 Å². The molecule has 0 saturated heterocycles. The summed E-state index contributed by atoms with van der Waals surface area (Å²) in [7, 11) is 1.03. The second kappa shape index (κ2) is 4.48. The molecule has 15 heavy (non-hydrogen) atoms. The number of carbonyl (C=O) groups is 1. The van der Waals surface area contributed by atoms with E-state index < -0.39 is 34.5 Å². The number of halogens is 4. The molecule has 0 radical (unpaired) electrons. The number of nitrogens with zero attached hydrogens (tertiary/aromatic N) is 1. The van der Waals surface area contributed by atoms with Crippen LogP contribution in [-0.2, 0) is 0 Å². The van der Waals surface area contributed by atoms with Crippen LogP contribution in [0.5, 0.6) is 5.75 Å². The number of pyridine rings is 1. The first-order chi connectivity index (χ1) is 6.99. The van der Waals surface area contributed by atoms with Gasteiger partial charge in [0.2, 0.25) is 0 Å². The largest absolute Gasteiger partial charge is 0.491 e. The standard InChI is InChI=1S/C8H5ClF3NO2/c1-15-5-4(6(9)14)3(7(10)11)2-13-8(5)12/h2,7H,1H3. The van der Waals surface area contributed by atoms with Gasteiger partial charge in [-0.05, 0) is 11.6 Å². The Hall–Kier alpha value is -1.30. The van der Waals surface area contributed by atoms with E-state index in [4.69, 9.17) is 11.6 Å². The van der Waals surface area contributed by atoms with Crippen molar-refractivity contribution >= 4 is 16.8 Å². The summed E-state index contributed by atoms with van der Waals surface area (Å²) in [4.78, 5) is 13.9. The van der Waals surface area contributed by atoms with Crippen LogP contribution in [0.1, 0.15) is 22.3 Å². The molecule has 0 amide bonds. The lowest BCUT2D eigenvalue weighted by molar-refractivity contribution is 0.106. The summed E-state index contributed by atoms with van der Waals surface area (Å²) < 4.78 is 42.2. The number of aromatic nitrogens is 1. The molecule has 1 heterocycles. The van der Waals surface area contributed by atoms with Crippen molar-refractivity contribution in [2.45, 2.75) is 6.43 Å². The molecular formula is C8H5ClF3NO2. The van der Waals surface area contributed by atoms with Gasteiger partial charge < -0.3 is 4.74 Å². The molecule has 0 aliphatic heterocycles. The highest BCUT2D eigenvalue weighted by atomic mass is 35.5. The van der Waals surface area contributed by atoms with Gasteiger partial charge in [-0.25, -0.2) is 13.8 Å². The lowest BCUT2D eigenvalue weighted by Crippen LogP contribution is -2.06. The molecule has 0 fully saturated rings. The molecule has 0 aromatic carbocycles. The van der Waals surface area contributed by atoms with E-state index in [0.717, 1.165) is 7.11 Å². The first-order valence-corrected chi connectivity index (χ1v) is 4.07. The monoisotopic (exact) mass is 239 g/mol. The minimum absolute atomic E-state index is 0.554. The lowest BCUT2D eigenvalue weighted by atomic mass is 10.1. The van der Waals surface area contributed by atoms with Gasteiger partial charge in [0.05, 0.1) is 18.2 Å². The minimum Gasteiger partial charge on any atom is -0.491 e. The van der Waals surface area contributed by atoms with Crippen LogP contribution >= 0.6 is 11.6 Å². The van der Waals surface area contributed by atoms with Gasteiger partial charge in [-0.2, -0.15) is 4.39 Å². The Morgan fingerprint density at radius 1 is 1.60 bits per heavy atom. The Morgan fingerprint density at radius 3 is 2.60 bits per heavy atom. The number of methoxy groups -OCH3 is 1. The maximum Gasteiger partial charge on any atom is 0.266 e. The van der Waals surface area contributed by atoms with Crippen molar-refractivity contribution in [2.75, 3.05) is 7.11 Å². The Balaban J connectivity index is 3.49. The van der Waals surface area contributed by atoms with Gasteiger partial charge in [-0.1, -0.05) is 0 Å². The maximum absolute atomic E-state index is 13.0. The zero-order valence-corrected chi connectivity index (χ0v) is 8.19. The zero-order valence-electron chi connectivity index (χ0n) is 7.43. The van der Waals surface area contributed by atoms with Gasteiger partial charge in [0, 0.05) is 6.20 Å². The third kappa shape index (κ3) is 2.20. The summed E-state index contributed by atoms with van der Waals surface area (Å²) in [6.45, 7) is 0. The Bertz CT molecular complexity index is 398. The van der Waals surface area contributed by atoms with Crippen molar-refractivity contribution in [3.8, 4) is 5.75 Å². The fourth-order valence-electron chi connectivity index (χ4n) is 1.04. The summed E-state index contributed by atoms with van der Waals surface area (Å²) in [6, 6.07) is 0. The Morgan fingerprint density at radius 2 is 2.20 bits per heavy atom. The highest BCUT2D eigenvalue weighted by Crippen LogP contribution is 2.31. The first-order valence-electron chi connectivity index (χ1n) is 3.69. The number of alkyl halides is 2. The van der Waals surface area contributed by atoms with E-state index in [2.05, 4.69) is 9.72 Å². The summed E-state index contributed by atoms with van der Waals surface area (Å²) in [5.74, 6) is -1.83. The van der Waals surface area contributed by atoms with E-state index in [0.29, 0.717) is 6.20 Å². The van der Waals surface area contributed by atoms with Crippen LogP contribution in [0.3, 0.4) is 0 Å². The molecule has 0 saturated carbocycles. The number of hydrogen-bond donors (Lipinski definition) is 0. The molecule has 1 aromatic heterocycles. The zero-order chi connectivity index (χ0) is 11.6. The third-order valence-electron chi connectivity index (χ3n) is 1.66. The second-order valence-corrected chi connectivity index (χ2v) is 2.83. The molecule has 82 valence electrons. The van der Waals surface area contributed by atoms with Gasteiger partial charge in [0.25, 0.3) is 17.6 Å². The Kier molecular flexibility index (Phi) is 3.52. The molecular weight excluding hydrogens is 235 g/mol. The van der Waals surface area contributed by atoms with E-state index in [-0.39, 0.29) is 0 Å². The van der Waals surface area contributed by atoms with Crippen LogP contribution in [0.15, 0.2) is 6.20 Å². The van der Waals surface area contributed by atoms with Gasteiger partial charge in [-0.3, -0.25) is 4.79 Å². The summed E-state index contributed by atoms with van der Waals surface area (Å²) in [5.41, 5.74) is -1.45. The quantitative estimate of drug-likeness (QED) is 0.601. The molecule has 1 aromatic rings. The van der Waals surface area contributed by atoms with Crippen molar-refractivity contribution in [1.82, 2.24) is 4.98 Å². The van der Waals surface area contributed by atoms with E-state index in [1.165, 1.54) is 0 Å². The maximum atomic E-state index is 13.0. The third-order valence-corrected chi connectivity index (χ3v) is 1.84. The van der Waals surface area contributed by atoms with Crippen LogP contribution in [0, 0.1) is 5.95 Å². The van der Waals surface area contributed by atoms with Gasteiger partial charge >= 0.3 is 0 Å². The fourth-order valence-corrected chi connectivity index (χ4v) is 1.23. The van der Waals surface area contributed by atoms with Crippen LogP contribution in [0.4, 0.5) is 13.2 Å². The predicted octanol–water partition coefficient (Wildman–Crippen LogP) is 2.55. The molecule has 3 nitrogen and oxygen atoms in total. The number of ether oxygens (including phenoxy) is 1. The fraction of sp³-hybridized carbons (Fsp3) is 0.250. The topological polar surface area (TPSA) is 39.2 Å². The molecule has 0 bridgehead atoms. The van der Waals surface area contributed by atoms with Crippen molar-refractivity contribution in [3.63, 3.8) is 0 Å². The van der Waals surface area contributed by atoms with Crippen LogP contribution < -0.4 is 4.74 Å². The molecule has 0 aliphatic rings. The van der Waals surface area contributed by atoms with Crippen molar-refractivity contribution in [3.05, 3.63) is 23.3 Å². The average molecular weight is 240 g/mol. The van der Waals surface area contributed by atoms with Gasteiger partial charge in [0.1, 0.15) is 0 Å². The first kappa shape index (κ1) is 11.8. The van der Waals surface area contributed by atoms with Crippen LogP contribution in [0.2, 0.25) is 0 Å². The van der Waals surface area contributed by atoms with Crippen LogP contribution in [-0.4, -0.2) is 17.3 Å². The summed E-state index contributed by atoms with van der Waals surface area (Å²) >= 11 is 5.06. The molecule has 0 aliphatic carbocycles. The second-order valence-electron chi connectivity index (χ2n) is 2.49. The van der Waals surface area contributed by atoms with Gasteiger partial charge in [0.15, 0.2) is 5.75 Å². The lowest BCUT2D eigenvalue weighted by Gasteiger charge is -2.09. The average Bonchev–Trinajstić information content (AvgIpc) is 2.16. The molecule has 0 spiro atoms. The van der Waals surface area contributed by atoms with Crippen molar-refractivity contribution in [2.24, 2.45) is 0 Å². The smallest absolute Gasteiger partial charge is 0.266 e. The highest BCUT2D eigenvalue weighted by molar-refractivity contribution is 6.68. The Labute approximate surface area is 87.8 Å². The van der Waals surface area contributed by atoms with Crippen LogP contribution in [0.25, 0.3) is 0 Å². The summed E-state index contributed by atoms with van der Waals surface area (Å²) in [5, 5.41) is -1.22. The van der Waals surface area contributed by atoms with E-state index >= 15 is 0 Å². The normalized spacial score (nSPS) is 10.5. The minimum atomic E-state index is -2.98. The van der Waals surface area contributed by atoms with Crippen molar-refractivity contribution < 1.29 is 22.7 Å². The number of hydrogen-bond acceptors (Lipinski definition) is 3. The van der Waals surface area contributed by atoms with Gasteiger partial charge in [-0.15, -0.1) is 0 Å². The number of carbonyl (C=O) groups excluding carboxylic acids is 1. The molecule has 0 atom stereocenters. The molecule has 7 heteroatoms. The van der Waals surface area contributed by atoms with E-state index in [1.54, 1.807) is 0 Å².